The van der Waals surface area contributed by atoms with Crippen molar-refractivity contribution in [1.29, 1.82) is 0 Å². The van der Waals surface area contributed by atoms with Gasteiger partial charge in [-0.1, -0.05) is 45.8 Å². The third-order valence-corrected chi connectivity index (χ3v) is 5.51. The van der Waals surface area contributed by atoms with E-state index in [0.29, 0.717) is 43.4 Å². The van der Waals surface area contributed by atoms with E-state index >= 15 is 0 Å². The predicted molar refractivity (Wildman–Crippen MR) is 131 cm³/mol. The number of rotatable bonds is 10. The second-order valence-corrected chi connectivity index (χ2v) is 8.11. The molecule has 0 atom stereocenters. The number of aryl methyl sites for hydroxylation is 1. The highest BCUT2D eigenvalue weighted by molar-refractivity contribution is 9.10. The first kappa shape index (κ1) is 23.7. The molecule has 0 amide bonds. The number of anilines is 1. The lowest BCUT2D eigenvalue weighted by Gasteiger charge is -2.16. The van der Waals surface area contributed by atoms with Crippen molar-refractivity contribution in [2.24, 2.45) is 0 Å². The van der Waals surface area contributed by atoms with Crippen molar-refractivity contribution in [1.82, 2.24) is 0 Å². The molecule has 6 heteroatoms. The maximum Gasteiger partial charge on any atom is 0.338 e. The zero-order valence-corrected chi connectivity index (χ0v) is 20.2. The predicted octanol–water partition coefficient (Wildman–Crippen LogP) is 6.52. The van der Waals surface area contributed by atoms with Crippen LogP contribution in [0.15, 0.2) is 65.1 Å². The Kier molecular flexibility index (Phi) is 8.56. The highest BCUT2D eigenvalue weighted by atomic mass is 79.9. The van der Waals surface area contributed by atoms with Crippen LogP contribution in [0.4, 0.5) is 5.69 Å². The van der Waals surface area contributed by atoms with E-state index in [1.165, 1.54) is 5.56 Å². The van der Waals surface area contributed by atoms with E-state index in [2.05, 4.69) is 40.3 Å². The molecule has 3 rings (SSSR count). The molecule has 0 saturated heterocycles. The van der Waals surface area contributed by atoms with E-state index in [1.807, 2.05) is 43.3 Å². The maximum atomic E-state index is 11.8. The van der Waals surface area contributed by atoms with Crippen LogP contribution in [0.3, 0.4) is 0 Å². The fraction of sp³-hybridized carbons (Fsp3) is 0.269. The summed E-state index contributed by atoms with van der Waals surface area (Å²) in [6.07, 6.45) is 0. The minimum absolute atomic E-state index is 0.315. The summed E-state index contributed by atoms with van der Waals surface area (Å²) < 4.78 is 17.9. The van der Waals surface area contributed by atoms with Crippen LogP contribution in [-0.2, 0) is 17.9 Å². The minimum atomic E-state index is -0.315. The summed E-state index contributed by atoms with van der Waals surface area (Å²) in [6.45, 7) is 7.77. The summed E-state index contributed by atoms with van der Waals surface area (Å²) in [4.78, 5) is 11.8. The van der Waals surface area contributed by atoms with E-state index in [4.69, 9.17) is 14.2 Å². The first-order valence-corrected chi connectivity index (χ1v) is 11.4. The number of benzene rings is 3. The van der Waals surface area contributed by atoms with Crippen LogP contribution >= 0.6 is 15.9 Å². The van der Waals surface area contributed by atoms with Crippen molar-refractivity contribution in [3.63, 3.8) is 0 Å². The van der Waals surface area contributed by atoms with Crippen molar-refractivity contribution in [2.45, 2.75) is 33.9 Å². The molecule has 0 aliphatic heterocycles. The van der Waals surface area contributed by atoms with Gasteiger partial charge in [-0.2, -0.15) is 0 Å². The first-order chi connectivity index (χ1) is 15.5. The molecule has 0 aliphatic rings. The van der Waals surface area contributed by atoms with Crippen LogP contribution in [-0.4, -0.2) is 19.2 Å². The highest BCUT2D eigenvalue weighted by Gasteiger charge is 2.12. The lowest BCUT2D eigenvalue weighted by atomic mass is 10.1. The largest absolute Gasteiger partial charge is 0.490 e. The van der Waals surface area contributed by atoms with E-state index < -0.39 is 0 Å². The fourth-order valence-corrected chi connectivity index (χ4v) is 3.66. The molecule has 0 heterocycles. The van der Waals surface area contributed by atoms with Gasteiger partial charge < -0.3 is 19.5 Å². The van der Waals surface area contributed by atoms with E-state index in [9.17, 15) is 4.79 Å². The van der Waals surface area contributed by atoms with Gasteiger partial charge in [0.2, 0.25) is 0 Å². The molecule has 0 saturated carbocycles. The fourth-order valence-electron chi connectivity index (χ4n) is 3.19. The third kappa shape index (κ3) is 6.50. The van der Waals surface area contributed by atoms with Gasteiger partial charge in [-0.05, 0) is 68.3 Å². The van der Waals surface area contributed by atoms with Gasteiger partial charge in [0, 0.05) is 16.7 Å². The Morgan fingerprint density at radius 1 is 0.938 bits per heavy atom. The summed E-state index contributed by atoms with van der Waals surface area (Å²) in [5, 5.41) is 3.37. The van der Waals surface area contributed by atoms with E-state index in [0.717, 1.165) is 21.3 Å². The van der Waals surface area contributed by atoms with Crippen LogP contribution in [0.2, 0.25) is 0 Å². The standard InChI is InChI=1S/C26H28BrNO4/c1-4-30-24-14-21(16-28-22-11-9-20(10-12-22)26(29)31-5-2)23(27)15-25(24)32-17-19-8-6-7-18(3)13-19/h6-15,28H,4-5,16-17H2,1-3H3. The minimum Gasteiger partial charge on any atom is -0.490 e. The van der Waals surface area contributed by atoms with Gasteiger partial charge in [0.1, 0.15) is 6.61 Å². The summed E-state index contributed by atoms with van der Waals surface area (Å²) in [6, 6.07) is 19.4. The number of esters is 1. The number of nitrogens with one attached hydrogen (secondary N) is 1. The van der Waals surface area contributed by atoms with Gasteiger partial charge in [-0.25, -0.2) is 4.79 Å². The van der Waals surface area contributed by atoms with Crippen LogP contribution in [0.5, 0.6) is 11.5 Å². The van der Waals surface area contributed by atoms with Crippen LogP contribution < -0.4 is 14.8 Å². The van der Waals surface area contributed by atoms with Gasteiger partial charge in [-0.3, -0.25) is 0 Å². The molecule has 0 spiro atoms. The summed E-state index contributed by atoms with van der Waals surface area (Å²) in [5.74, 6) is 1.09. The molecule has 0 aliphatic carbocycles. The number of carbonyl (C=O) groups excluding carboxylic acids is 1. The number of halogens is 1. The van der Waals surface area contributed by atoms with E-state index in [-0.39, 0.29) is 5.97 Å². The summed E-state index contributed by atoms with van der Waals surface area (Å²) >= 11 is 3.66. The van der Waals surface area contributed by atoms with Crippen molar-refractivity contribution in [2.75, 3.05) is 18.5 Å². The Balaban J connectivity index is 1.69. The van der Waals surface area contributed by atoms with Gasteiger partial charge in [0.25, 0.3) is 0 Å². The molecule has 0 aromatic heterocycles. The Bertz CT molecular complexity index is 1050. The lowest BCUT2D eigenvalue weighted by Crippen LogP contribution is -2.06. The van der Waals surface area contributed by atoms with Crippen LogP contribution in [0.1, 0.15) is 40.9 Å². The number of carbonyl (C=O) groups is 1. The molecule has 32 heavy (non-hydrogen) atoms. The number of ether oxygens (including phenoxy) is 3. The second-order valence-electron chi connectivity index (χ2n) is 7.25. The summed E-state index contributed by atoms with van der Waals surface area (Å²) in [5.41, 5.74) is 4.79. The average Bonchev–Trinajstić information content (AvgIpc) is 2.79. The third-order valence-electron chi connectivity index (χ3n) is 4.77. The Labute approximate surface area is 197 Å². The summed E-state index contributed by atoms with van der Waals surface area (Å²) in [7, 11) is 0. The zero-order valence-electron chi connectivity index (χ0n) is 18.6. The molecule has 0 fully saturated rings. The number of hydrogen-bond acceptors (Lipinski definition) is 5. The second kappa shape index (κ2) is 11.6. The average molecular weight is 498 g/mol. The smallest absolute Gasteiger partial charge is 0.338 e. The quantitative estimate of drug-likeness (QED) is 0.323. The van der Waals surface area contributed by atoms with Gasteiger partial charge in [0.15, 0.2) is 11.5 Å². The van der Waals surface area contributed by atoms with Gasteiger partial charge in [-0.15, -0.1) is 0 Å². The van der Waals surface area contributed by atoms with E-state index in [1.54, 1.807) is 19.1 Å². The van der Waals surface area contributed by atoms with Crippen molar-refractivity contribution >= 4 is 27.6 Å². The van der Waals surface area contributed by atoms with Crippen molar-refractivity contribution in [3.05, 3.63) is 87.4 Å². The van der Waals surface area contributed by atoms with Gasteiger partial charge >= 0.3 is 5.97 Å². The Hall–Kier alpha value is -2.99. The molecular weight excluding hydrogens is 470 g/mol. The molecule has 0 radical (unpaired) electrons. The molecule has 5 nitrogen and oxygen atoms in total. The molecule has 0 bridgehead atoms. The molecule has 1 N–H and O–H groups in total. The van der Waals surface area contributed by atoms with Crippen molar-refractivity contribution in [3.8, 4) is 11.5 Å². The normalized spacial score (nSPS) is 10.5. The van der Waals surface area contributed by atoms with Crippen LogP contribution in [0, 0.1) is 6.92 Å². The number of hydrogen-bond donors (Lipinski definition) is 1. The lowest BCUT2D eigenvalue weighted by molar-refractivity contribution is 0.0526. The van der Waals surface area contributed by atoms with Crippen molar-refractivity contribution < 1.29 is 19.0 Å². The first-order valence-electron chi connectivity index (χ1n) is 10.6. The topological polar surface area (TPSA) is 56.8 Å². The zero-order chi connectivity index (χ0) is 22.9. The monoisotopic (exact) mass is 497 g/mol. The highest BCUT2D eigenvalue weighted by Crippen LogP contribution is 2.35. The van der Waals surface area contributed by atoms with Crippen LogP contribution in [0.25, 0.3) is 0 Å². The maximum absolute atomic E-state index is 11.8. The molecular formula is C26H28BrNO4. The molecule has 0 unspecified atom stereocenters. The van der Waals surface area contributed by atoms with Gasteiger partial charge in [0.05, 0.1) is 18.8 Å². The SMILES string of the molecule is CCOC(=O)c1ccc(NCc2cc(OCC)c(OCc3cccc(C)c3)cc2Br)cc1. The Morgan fingerprint density at radius 3 is 2.38 bits per heavy atom. The Morgan fingerprint density at radius 2 is 1.69 bits per heavy atom. The molecule has 168 valence electrons. The molecule has 3 aromatic carbocycles. The molecule has 3 aromatic rings.